The Labute approximate surface area is 203 Å². The van der Waals surface area contributed by atoms with Crippen molar-refractivity contribution in [1.29, 1.82) is 0 Å². The molecule has 0 aromatic carbocycles. The molecule has 0 aliphatic carbocycles. The summed E-state index contributed by atoms with van der Waals surface area (Å²) in [5, 5.41) is 0.514. The summed E-state index contributed by atoms with van der Waals surface area (Å²) in [6.07, 6.45) is -0.319. The van der Waals surface area contributed by atoms with E-state index in [1.54, 1.807) is 40.2 Å². The van der Waals surface area contributed by atoms with Crippen molar-refractivity contribution in [3.05, 3.63) is 0 Å². The second kappa shape index (κ2) is 28.3. The standard InChI is InChI=1S/C4H9NO2.C4H9NOS.C4H9NO.C4H9NS.C3H9N.CH4/c1-5(2)4(6)7-3;1-5(2)4(7)6-3;2*1-4(6)5(2)3;1-4(2)3;/h2*1-3H3;2*1-3H3;1-3H3;1H4. The summed E-state index contributed by atoms with van der Waals surface area (Å²) < 4.78 is 8.97. The highest BCUT2D eigenvalue weighted by atomic mass is 32.1. The van der Waals surface area contributed by atoms with Crippen LogP contribution >= 0.6 is 24.4 Å². The molecule has 0 saturated heterocycles. The van der Waals surface area contributed by atoms with Gasteiger partial charge in [0.25, 0.3) is 5.17 Å². The van der Waals surface area contributed by atoms with Gasteiger partial charge in [-0.1, -0.05) is 19.6 Å². The first kappa shape index (κ1) is 43.2. The minimum Gasteiger partial charge on any atom is -0.474 e. The number of methoxy groups -OCH3 is 2. The van der Waals surface area contributed by atoms with E-state index in [0.29, 0.717) is 5.17 Å². The van der Waals surface area contributed by atoms with Gasteiger partial charge in [-0.15, -0.1) is 0 Å². The second-order valence-corrected chi connectivity index (χ2v) is 7.84. The van der Waals surface area contributed by atoms with E-state index in [9.17, 15) is 9.59 Å². The monoisotopic (exact) mass is 487 g/mol. The van der Waals surface area contributed by atoms with E-state index in [2.05, 4.69) is 21.7 Å². The Kier molecular flexibility index (Phi) is 39.4. The predicted molar refractivity (Wildman–Crippen MR) is 142 cm³/mol. The van der Waals surface area contributed by atoms with Gasteiger partial charge < -0.3 is 34.0 Å². The van der Waals surface area contributed by atoms with Crippen LogP contribution in [0.3, 0.4) is 0 Å². The van der Waals surface area contributed by atoms with Crippen molar-refractivity contribution in [2.24, 2.45) is 0 Å². The number of nitrogens with zero attached hydrogens (tertiary/aromatic N) is 5. The third kappa shape index (κ3) is 58.4. The molecule has 0 spiro atoms. The zero-order chi connectivity index (χ0) is 25.6. The van der Waals surface area contributed by atoms with E-state index in [1.807, 2.05) is 66.1 Å². The van der Waals surface area contributed by atoms with E-state index in [4.69, 9.17) is 12.2 Å². The molecule has 0 N–H and O–H groups in total. The highest BCUT2D eigenvalue weighted by Gasteiger charge is 1.97. The molecule has 0 unspecified atom stereocenters. The molecule has 0 radical (unpaired) electrons. The van der Waals surface area contributed by atoms with Crippen LogP contribution in [-0.4, -0.2) is 138 Å². The van der Waals surface area contributed by atoms with Crippen LogP contribution in [0.25, 0.3) is 0 Å². The Bertz CT molecular complexity index is 418. The number of hydrogen-bond acceptors (Lipinski definition) is 7. The molecule has 0 aromatic rings. The Hall–Kier alpha value is -1.72. The van der Waals surface area contributed by atoms with E-state index >= 15 is 0 Å². The second-order valence-electron chi connectivity index (χ2n) is 6.90. The maximum absolute atomic E-state index is 10.2. The SMILES string of the molecule is C.CC(=O)N(C)C.CC(=S)N(C)C.CN(C)C.COC(=O)N(C)C.COC(=S)N(C)C. The largest absolute Gasteiger partial charge is 0.474 e. The van der Waals surface area contributed by atoms with Crippen LogP contribution in [0.5, 0.6) is 0 Å². The number of amides is 2. The van der Waals surface area contributed by atoms with Crippen molar-refractivity contribution in [2.45, 2.75) is 21.3 Å². The Balaban J connectivity index is -0.0000000632. The van der Waals surface area contributed by atoms with Crippen molar-refractivity contribution in [1.82, 2.24) is 24.5 Å². The van der Waals surface area contributed by atoms with E-state index < -0.39 is 0 Å². The molecular weight excluding hydrogens is 438 g/mol. The van der Waals surface area contributed by atoms with Gasteiger partial charge in [0.05, 0.1) is 19.2 Å². The molecule has 0 atom stereocenters. The summed E-state index contributed by atoms with van der Waals surface area (Å²) in [5.41, 5.74) is 0. The first-order valence-corrected chi connectivity index (χ1v) is 9.67. The quantitative estimate of drug-likeness (QED) is 0.480. The highest BCUT2D eigenvalue weighted by molar-refractivity contribution is 7.80. The predicted octanol–water partition coefficient (Wildman–Crippen LogP) is 2.60. The first-order valence-electron chi connectivity index (χ1n) is 8.86. The lowest BCUT2D eigenvalue weighted by molar-refractivity contribution is -0.126. The van der Waals surface area contributed by atoms with Gasteiger partial charge >= 0.3 is 6.09 Å². The lowest BCUT2D eigenvalue weighted by Crippen LogP contribution is -2.20. The first-order chi connectivity index (χ1) is 13.4. The Morgan fingerprint density at radius 3 is 0.871 bits per heavy atom. The van der Waals surface area contributed by atoms with Crippen LogP contribution in [0.1, 0.15) is 21.3 Å². The molecule has 0 bridgehead atoms. The highest BCUT2D eigenvalue weighted by Crippen LogP contribution is 1.80. The number of rotatable bonds is 0. The maximum atomic E-state index is 10.2. The average Bonchev–Trinajstić information content (AvgIpc) is 2.60. The van der Waals surface area contributed by atoms with Gasteiger partial charge in [-0.25, -0.2) is 4.79 Å². The van der Waals surface area contributed by atoms with Gasteiger partial charge in [0.1, 0.15) is 0 Å². The minimum atomic E-state index is -0.319. The fourth-order valence-electron chi connectivity index (χ4n) is 0.365. The van der Waals surface area contributed by atoms with Crippen LogP contribution in [0.2, 0.25) is 0 Å². The van der Waals surface area contributed by atoms with Gasteiger partial charge in [0.2, 0.25) is 5.91 Å². The van der Waals surface area contributed by atoms with Gasteiger partial charge in [-0.2, -0.15) is 0 Å². The Morgan fingerprint density at radius 1 is 0.613 bits per heavy atom. The maximum Gasteiger partial charge on any atom is 0.408 e. The molecule has 0 heterocycles. The molecular formula is C20H49N5O4S2. The van der Waals surface area contributed by atoms with Crippen molar-refractivity contribution >= 4 is 46.6 Å². The van der Waals surface area contributed by atoms with Crippen molar-refractivity contribution in [3.8, 4) is 0 Å². The van der Waals surface area contributed by atoms with Gasteiger partial charge in [-0.3, -0.25) is 4.79 Å². The van der Waals surface area contributed by atoms with Gasteiger partial charge in [-0.05, 0) is 40.3 Å². The summed E-state index contributed by atoms with van der Waals surface area (Å²) >= 11 is 9.43. The molecule has 11 heteroatoms. The lowest BCUT2D eigenvalue weighted by Gasteiger charge is -2.09. The summed E-state index contributed by atoms with van der Waals surface area (Å²) in [6.45, 7) is 3.43. The lowest BCUT2D eigenvalue weighted by atomic mass is 10.7. The zero-order valence-electron chi connectivity index (χ0n) is 21.7. The molecule has 31 heavy (non-hydrogen) atoms. The van der Waals surface area contributed by atoms with Gasteiger partial charge in [0.15, 0.2) is 0 Å². The molecule has 190 valence electrons. The molecule has 0 fully saturated rings. The van der Waals surface area contributed by atoms with Crippen LogP contribution in [0.15, 0.2) is 0 Å². The van der Waals surface area contributed by atoms with E-state index in [1.165, 1.54) is 23.8 Å². The fourth-order valence-corrected chi connectivity index (χ4v) is 0.365. The molecule has 0 rings (SSSR count). The van der Waals surface area contributed by atoms with Crippen LogP contribution in [-0.2, 0) is 14.3 Å². The average molecular weight is 488 g/mol. The molecule has 2 amide bonds. The van der Waals surface area contributed by atoms with Crippen molar-refractivity contribution in [3.63, 3.8) is 0 Å². The molecule has 0 aromatic heterocycles. The molecule has 0 aliphatic rings. The summed E-state index contributed by atoms with van der Waals surface area (Å²) in [5.74, 6) is 0.0926. The number of carbonyl (C=O) groups excluding carboxylic acids is 2. The van der Waals surface area contributed by atoms with E-state index in [-0.39, 0.29) is 19.4 Å². The van der Waals surface area contributed by atoms with Crippen molar-refractivity contribution < 1.29 is 19.1 Å². The van der Waals surface area contributed by atoms with Crippen LogP contribution in [0.4, 0.5) is 4.79 Å². The summed E-state index contributed by atoms with van der Waals surface area (Å²) in [6, 6.07) is 0. The third-order valence-corrected chi connectivity index (χ3v) is 3.24. The van der Waals surface area contributed by atoms with Gasteiger partial charge in [0, 0.05) is 63.3 Å². The summed E-state index contributed by atoms with van der Waals surface area (Å²) in [7, 11) is 23.2. The number of carbonyl (C=O) groups is 2. The minimum absolute atomic E-state index is 0. The molecule has 9 nitrogen and oxygen atoms in total. The third-order valence-electron chi connectivity index (χ3n) is 2.34. The topological polar surface area (TPSA) is 68.8 Å². The number of thiocarbonyl (C=S) groups is 2. The normalized spacial score (nSPS) is 7.74. The summed E-state index contributed by atoms with van der Waals surface area (Å²) in [4.78, 5) is 29.7. The van der Waals surface area contributed by atoms with Crippen molar-refractivity contribution in [2.75, 3.05) is 91.7 Å². The number of ether oxygens (including phenoxy) is 2. The van der Waals surface area contributed by atoms with E-state index in [0.717, 1.165) is 4.99 Å². The molecule has 0 saturated carbocycles. The number of hydrogen-bond donors (Lipinski definition) is 0. The molecule has 0 aliphatic heterocycles. The van der Waals surface area contributed by atoms with Crippen LogP contribution < -0.4 is 0 Å². The van der Waals surface area contributed by atoms with Crippen LogP contribution in [0, 0.1) is 0 Å². The zero-order valence-corrected chi connectivity index (χ0v) is 23.3. The Morgan fingerprint density at radius 2 is 0.871 bits per heavy atom. The fraction of sp³-hybridized carbons (Fsp3) is 0.800. The smallest absolute Gasteiger partial charge is 0.408 e.